The normalized spacial score (nSPS) is 10.3. The number of benzene rings is 1. The van der Waals surface area contributed by atoms with Gasteiger partial charge in [-0.05, 0) is 30.3 Å². The number of aromatic amines is 1. The maximum Gasteiger partial charge on any atom is 0.0597 e. The van der Waals surface area contributed by atoms with Crippen molar-refractivity contribution in [2.75, 3.05) is 24.3 Å². The number of hydrogen-bond acceptors (Lipinski definition) is 2. The number of aromatic nitrogens is 1. The largest absolute Gasteiger partial charge is 0.378 e. The molecule has 0 spiro atoms. The molecule has 0 radical (unpaired) electrons. The molecule has 4 heteroatoms. The standard InChI is InChI=1S/C13H16BrN3/c1-17(2)13-6-5-10(14)8-12(13)16-9-11-4-3-7-15-11/h3-8,15-16H,9H2,1-2H3. The zero-order chi connectivity index (χ0) is 12.3. The van der Waals surface area contributed by atoms with E-state index >= 15 is 0 Å². The van der Waals surface area contributed by atoms with Gasteiger partial charge in [-0.25, -0.2) is 0 Å². The highest BCUT2D eigenvalue weighted by Crippen LogP contribution is 2.28. The van der Waals surface area contributed by atoms with Crippen LogP contribution in [0, 0.1) is 0 Å². The SMILES string of the molecule is CN(C)c1ccc(Br)cc1NCc1ccc[nH]1. The molecule has 0 unspecified atom stereocenters. The number of nitrogens with one attached hydrogen (secondary N) is 2. The highest BCUT2D eigenvalue weighted by Gasteiger charge is 2.05. The first kappa shape index (κ1) is 12.0. The maximum atomic E-state index is 3.50. The fraction of sp³-hybridized carbons (Fsp3) is 0.231. The number of nitrogens with zero attached hydrogens (tertiary/aromatic N) is 1. The van der Waals surface area contributed by atoms with Crippen LogP contribution in [-0.2, 0) is 6.54 Å². The molecular formula is C13H16BrN3. The molecule has 2 N–H and O–H groups in total. The molecule has 0 saturated heterocycles. The molecule has 2 aromatic rings. The number of rotatable bonds is 4. The maximum absolute atomic E-state index is 3.50. The van der Waals surface area contributed by atoms with Crippen molar-refractivity contribution in [3.63, 3.8) is 0 Å². The quantitative estimate of drug-likeness (QED) is 0.905. The van der Waals surface area contributed by atoms with Crippen molar-refractivity contribution in [3.8, 4) is 0 Å². The molecule has 17 heavy (non-hydrogen) atoms. The van der Waals surface area contributed by atoms with Gasteiger partial charge in [0.05, 0.1) is 17.9 Å². The summed E-state index contributed by atoms with van der Waals surface area (Å²) < 4.78 is 1.08. The summed E-state index contributed by atoms with van der Waals surface area (Å²) in [6.07, 6.45) is 1.94. The molecule has 90 valence electrons. The summed E-state index contributed by atoms with van der Waals surface area (Å²) in [4.78, 5) is 5.28. The summed E-state index contributed by atoms with van der Waals surface area (Å²) >= 11 is 3.50. The van der Waals surface area contributed by atoms with Gasteiger partial charge in [0, 0.05) is 30.5 Å². The van der Waals surface area contributed by atoms with E-state index in [0.717, 1.165) is 16.7 Å². The Balaban J connectivity index is 2.16. The van der Waals surface area contributed by atoms with Crippen LogP contribution in [0.4, 0.5) is 11.4 Å². The molecule has 1 heterocycles. The third-order valence-corrected chi connectivity index (χ3v) is 3.07. The molecular weight excluding hydrogens is 278 g/mol. The molecule has 0 aliphatic carbocycles. The van der Waals surface area contributed by atoms with E-state index in [1.807, 2.05) is 26.4 Å². The fourth-order valence-electron chi connectivity index (χ4n) is 1.71. The van der Waals surface area contributed by atoms with Gasteiger partial charge >= 0.3 is 0 Å². The zero-order valence-electron chi connectivity index (χ0n) is 10.00. The van der Waals surface area contributed by atoms with E-state index in [1.54, 1.807) is 0 Å². The van der Waals surface area contributed by atoms with Gasteiger partial charge in [-0.1, -0.05) is 15.9 Å². The van der Waals surface area contributed by atoms with Crippen molar-refractivity contribution >= 4 is 27.3 Å². The van der Waals surface area contributed by atoms with E-state index in [9.17, 15) is 0 Å². The van der Waals surface area contributed by atoms with Gasteiger partial charge in [0.2, 0.25) is 0 Å². The molecule has 0 atom stereocenters. The first-order valence-corrected chi connectivity index (χ1v) is 6.29. The molecule has 1 aromatic heterocycles. The predicted molar refractivity (Wildman–Crippen MR) is 76.6 cm³/mol. The molecule has 0 saturated carbocycles. The van der Waals surface area contributed by atoms with Crippen LogP contribution in [-0.4, -0.2) is 19.1 Å². The molecule has 2 rings (SSSR count). The second-order valence-corrected chi connectivity index (χ2v) is 5.02. The smallest absolute Gasteiger partial charge is 0.0597 e. The summed E-state index contributed by atoms with van der Waals surface area (Å²) in [6.45, 7) is 0.796. The molecule has 0 bridgehead atoms. The van der Waals surface area contributed by atoms with Crippen LogP contribution in [0.15, 0.2) is 41.0 Å². The van der Waals surface area contributed by atoms with E-state index in [2.05, 4.69) is 55.4 Å². The topological polar surface area (TPSA) is 31.1 Å². The first-order valence-electron chi connectivity index (χ1n) is 5.50. The predicted octanol–water partition coefficient (Wildman–Crippen LogP) is 3.46. The third kappa shape index (κ3) is 3.03. The lowest BCUT2D eigenvalue weighted by atomic mass is 10.2. The minimum Gasteiger partial charge on any atom is -0.378 e. The van der Waals surface area contributed by atoms with Gasteiger partial charge in [-0.2, -0.15) is 0 Å². The van der Waals surface area contributed by atoms with Gasteiger partial charge in [0.25, 0.3) is 0 Å². The highest BCUT2D eigenvalue weighted by molar-refractivity contribution is 9.10. The summed E-state index contributed by atoms with van der Waals surface area (Å²) in [5.41, 5.74) is 3.48. The van der Waals surface area contributed by atoms with Crippen molar-refractivity contribution in [2.24, 2.45) is 0 Å². The Labute approximate surface area is 110 Å². The lowest BCUT2D eigenvalue weighted by molar-refractivity contribution is 1.06. The molecule has 0 aliphatic rings. The molecule has 0 aliphatic heterocycles. The van der Waals surface area contributed by atoms with Crippen LogP contribution in [0.5, 0.6) is 0 Å². The lowest BCUT2D eigenvalue weighted by Gasteiger charge is -2.18. The van der Waals surface area contributed by atoms with Gasteiger partial charge < -0.3 is 15.2 Å². The van der Waals surface area contributed by atoms with Crippen molar-refractivity contribution in [3.05, 3.63) is 46.7 Å². The van der Waals surface area contributed by atoms with Crippen LogP contribution in [0.1, 0.15) is 5.69 Å². The van der Waals surface area contributed by atoms with Crippen molar-refractivity contribution in [1.29, 1.82) is 0 Å². The van der Waals surface area contributed by atoms with Gasteiger partial charge in [-0.15, -0.1) is 0 Å². The summed E-state index contributed by atoms with van der Waals surface area (Å²) in [5.74, 6) is 0. The number of H-pyrrole nitrogens is 1. The van der Waals surface area contributed by atoms with Crippen LogP contribution in [0.25, 0.3) is 0 Å². The average Bonchev–Trinajstić information content (AvgIpc) is 2.78. The van der Waals surface area contributed by atoms with Crippen LogP contribution < -0.4 is 10.2 Å². The summed E-state index contributed by atoms with van der Waals surface area (Å²) in [5, 5.41) is 3.43. The minimum atomic E-state index is 0.796. The van der Waals surface area contributed by atoms with E-state index in [1.165, 1.54) is 11.4 Å². The molecule has 3 nitrogen and oxygen atoms in total. The molecule has 1 aromatic carbocycles. The third-order valence-electron chi connectivity index (χ3n) is 2.57. The van der Waals surface area contributed by atoms with Crippen LogP contribution in [0.3, 0.4) is 0 Å². The zero-order valence-corrected chi connectivity index (χ0v) is 11.6. The number of anilines is 2. The van der Waals surface area contributed by atoms with Crippen molar-refractivity contribution < 1.29 is 0 Å². The van der Waals surface area contributed by atoms with Crippen LogP contribution in [0.2, 0.25) is 0 Å². The van der Waals surface area contributed by atoms with E-state index in [-0.39, 0.29) is 0 Å². The Hall–Kier alpha value is -1.42. The Morgan fingerprint density at radius 3 is 2.76 bits per heavy atom. The minimum absolute atomic E-state index is 0.796. The average molecular weight is 294 g/mol. The van der Waals surface area contributed by atoms with E-state index in [0.29, 0.717) is 0 Å². The summed E-state index contributed by atoms with van der Waals surface area (Å²) in [6, 6.07) is 10.3. The van der Waals surface area contributed by atoms with Crippen LogP contribution >= 0.6 is 15.9 Å². The monoisotopic (exact) mass is 293 g/mol. The number of hydrogen-bond donors (Lipinski definition) is 2. The Bertz CT molecular complexity index is 477. The van der Waals surface area contributed by atoms with Gasteiger partial charge in [-0.3, -0.25) is 0 Å². The second-order valence-electron chi connectivity index (χ2n) is 4.10. The van der Waals surface area contributed by atoms with E-state index < -0.39 is 0 Å². The Morgan fingerprint density at radius 2 is 2.12 bits per heavy atom. The second kappa shape index (κ2) is 5.27. The van der Waals surface area contributed by atoms with E-state index in [4.69, 9.17) is 0 Å². The lowest BCUT2D eigenvalue weighted by Crippen LogP contribution is -2.12. The Kier molecular flexibility index (Phi) is 3.74. The first-order chi connectivity index (χ1) is 8.16. The molecule has 0 amide bonds. The van der Waals surface area contributed by atoms with Crippen molar-refractivity contribution in [1.82, 2.24) is 4.98 Å². The molecule has 0 fully saturated rings. The fourth-order valence-corrected chi connectivity index (χ4v) is 2.07. The highest BCUT2D eigenvalue weighted by atomic mass is 79.9. The van der Waals surface area contributed by atoms with Crippen molar-refractivity contribution in [2.45, 2.75) is 6.54 Å². The summed E-state index contributed by atoms with van der Waals surface area (Å²) in [7, 11) is 4.09. The van der Waals surface area contributed by atoms with Gasteiger partial charge in [0.15, 0.2) is 0 Å². The Morgan fingerprint density at radius 1 is 1.29 bits per heavy atom. The number of halogens is 1. The van der Waals surface area contributed by atoms with Gasteiger partial charge in [0.1, 0.15) is 0 Å².